The second-order valence-corrected chi connectivity index (χ2v) is 5.35. The molecular formula is C12H7Cl2NO3S. The van der Waals surface area contributed by atoms with Gasteiger partial charge in [-0.05, 0) is 29.6 Å². The third kappa shape index (κ3) is 3.26. The SMILES string of the molecule is O=C(O)c1cc(Cl)cc(NC(=O)c2sccc2Cl)c1. The van der Waals surface area contributed by atoms with Crippen LogP contribution in [0.4, 0.5) is 5.69 Å². The van der Waals surface area contributed by atoms with E-state index in [-0.39, 0.29) is 10.6 Å². The van der Waals surface area contributed by atoms with Crippen LogP contribution in [0, 0.1) is 0 Å². The van der Waals surface area contributed by atoms with Crippen LogP contribution in [-0.4, -0.2) is 17.0 Å². The molecule has 0 saturated carbocycles. The Kier molecular flexibility index (Phi) is 4.09. The minimum atomic E-state index is -1.12. The molecule has 98 valence electrons. The highest BCUT2D eigenvalue weighted by Crippen LogP contribution is 2.24. The Morgan fingerprint density at radius 1 is 1.21 bits per heavy atom. The van der Waals surface area contributed by atoms with Gasteiger partial charge in [-0.1, -0.05) is 23.2 Å². The van der Waals surface area contributed by atoms with Crippen LogP contribution >= 0.6 is 34.5 Å². The maximum Gasteiger partial charge on any atom is 0.335 e. The lowest BCUT2D eigenvalue weighted by Gasteiger charge is -2.06. The van der Waals surface area contributed by atoms with Gasteiger partial charge in [-0.15, -0.1) is 11.3 Å². The predicted molar refractivity (Wildman–Crippen MR) is 75.7 cm³/mol. The Labute approximate surface area is 122 Å². The summed E-state index contributed by atoms with van der Waals surface area (Å²) in [7, 11) is 0. The first-order chi connectivity index (χ1) is 8.97. The minimum Gasteiger partial charge on any atom is -0.478 e. The van der Waals surface area contributed by atoms with Crippen LogP contribution in [0.5, 0.6) is 0 Å². The maximum atomic E-state index is 11.9. The second kappa shape index (κ2) is 5.61. The zero-order valence-electron chi connectivity index (χ0n) is 9.31. The molecule has 0 unspecified atom stereocenters. The van der Waals surface area contributed by atoms with Gasteiger partial charge in [-0.25, -0.2) is 4.79 Å². The first-order valence-electron chi connectivity index (χ1n) is 5.05. The lowest BCUT2D eigenvalue weighted by Crippen LogP contribution is -2.11. The van der Waals surface area contributed by atoms with Crippen LogP contribution in [0.2, 0.25) is 10.0 Å². The first-order valence-corrected chi connectivity index (χ1v) is 6.69. The summed E-state index contributed by atoms with van der Waals surface area (Å²) in [5, 5.41) is 13.7. The van der Waals surface area contributed by atoms with Crippen molar-refractivity contribution in [3.8, 4) is 0 Å². The van der Waals surface area contributed by atoms with E-state index in [0.717, 1.165) is 0 Å². The van der Waals surface area contributed by atoms with E-state index in [1.807, 2.05) is 0 Å². The molecule has 0 radical (unpaired) electrons. The molecule has 2 rings (SSSR count). The maximum absolute atomic E-state index is 11.9. The number of anilines is 1. The number of hydrogen-bond donors (Lipinski definition) is 2. The molecule has 1 aromatic carbocycles. The van der Waals surface area contributed by atoms with Gasteiger partial charge in [0.1, 0.15) is 4.88 Å². The predicted octanol–water partition coefficient (Wildman–Crippen LogP) is 4.01. The molecule has 0 saturated heterocycles. The van der Waals surface area contributed by atoms with Gasteiger partial charge in [0.05, 0.1) is 10.6 Å². The van der Waals surface area contributed by atoms with Crippen LogP contribution in [0.3, 0.4) is 0 Å². The highest BCUT2D eigenvalue weighted by atomic mass is 35.5. The summed E-state index contributed by atoms with van der Waals surface area (Å²) >= 11 is 12.8. The molecule has 2 N–H and O–H groups in total. The Morgan fingerprint density at radius 2 is 1.95 bits per heavy atom. The van der Waals surface area contributed by atoms with Crippen molar-refractivity contribution in [3.05, 3.63) is 50.1 Å². The second-order valence-electron chi connectivity index (χ2n) is 3.59. The number of carboxylic acid groups (broad SMARTS) is 1. The number of halogens is 2. The van der Waals surface area contributed by atoms with Crippen LogP contribution in [0.1, 0.15) is 20.0 Å². The molecule has 19 heavy (non-hydrogen) atoms. The number of benzene rings is 1. The molecule has 0 atom stereocenters. The number of amides is 1. The molecule has 4 nitrogen and oxygen atoms in total. The molecular weight excluding hydrogens is 309 g/mol. The first kappa shape index (κ1) is 13.9. The molecule has 2 aromatic rings. The van der Waals surface area contributed by atoms with Crippen molar-refractivity contribution in [2.45, 2.75) is 0 Å². The summed E-state index contributed by atoms with van der Waals surface area (Å²) in [6.07, 6.45) is 0. The average Bonchev–Trinajstić information content (AvgIpc) is 2.74. The number of carboxylic acids is 1. The molecule has 0 fully saturated rings. The fraction of sp³-hybridized carbons (Fsp3) is 0. The van der Waals surface area contributed by atoms with E-state index in [4.69, 9.17) is 28.3 Å². The van der Waals surface area contributed by atoms with E-state index in [9.17, 15) is 9.59 Å². The normalized spacial score (nSPS) is 10.2. The number of hydrogen-bond acceptors (Lipinski definition) is 3. The summed E-state index contributed by atoms with van der Waals surface area (Å²) in [6.45, 7) is 0. The van der Waals surface area contributed by atoms with Crippen LogP contribution in [0.15, 0.2) is 29.6 Å². The molecule has 0 spiro atoms. The number of carbonyl (C=O) groups is 2. The third-order valence-electron chi connectivity index (χ3n) is 2.23. The monoisotopic (exact) mass is 315 g/mol. The summed E-state index contributed by atoms with van der Waals surface area (Å²) in [6, 6.07) is 5.71. The van der Waals surface area contributed by atoms with Crippen molar-refractivity contribution in [1.82, 2.24) is 0 Å². The smallest absolute Gasteiger partial charge is 0.335 e. The van der Waals surface area contributed by atoms with Crippen molar-refractivity contribution in [3.63, 3.8) is 0 Å². The molecule has 1 heterocycles. The Balaban J connectivity index is 2.26. The van der Waals surface area contributed by atoms with Crippen LogP contribution in [-0.2, 0) is 0 Å². The lowest BCUT2D eigenvalue weighted by atomic mass is 10.2. The van der Waals surface area contributed by atoms with Gasteiger partial charge in [0, 0.05) is 10.7 Å². The molecule has 0 bridgehead atoms. The van der Waals surface area contributed by atoms with Crippen molar-refractivity contribution in [2.24, 2.45) is 0 Å². The minimum absolute atomic E-state index is 0.0000709. The highest BCUT2D eigenvalue weighted by molar-refractivity contribution is 7.12. The molecule has 0 aliphatic heterocycles. The van der Waals surface area contributed by atoms with Gasteiger partial charge in [0.15, 0.2) is 0 Å². The van der Waals surface area contributed by atoms with Gasteiger partial charge >= 0.3 is 5.97 Å². The number of thiophene rings is 1. The van der Waals surface area contributed by atoms with Gasteiger partial charge in [0.2, 0.25) is 0 Å². The molecule has 1 amide bonds. The lowest BCUT2D eigenvalue weighted by molar-refractivity contribution is 0.0696. The Hall–Kier alpha value is -1.56. The number of carbonyl (C=O) groups excluding carboxylic acids is 1. The van der Waals surface area contributed by atoms with E-state index in [2.05, 4.69) is 5.32 Å². The van der Waals surface area contributed by atoms with Gasteiger partial charge < -0.3 is 10.4 Å². The van der Waals surface area contributed by atoms with E-state index in [0.29, 0.717) is 15.6 Å². The average molecular weight is 316 g/mol. The van der Waals surface area contributed by atoms with Gasteiger partial charge in [-0.3, -0.25) is 4.79 Å². The van der Waals surface area contributed by atoms with Crippen molar-refractivity contribution in [2.75, 3.05) is 5.32 Å². The fourth-order valence-corrected chi connectivity index (χ4v) is 2.70. The molecule has 7 heteroatoms. The number of nitrogens with one attached hydrogen (secondary N) is 1. The van der Waals surface area contributed by atoms with E-state index in [1.165, 1.54) is 29.5 Å². The summed E-state index contributed by atoms with van der Waals surface area (Å²) < 4.78 is 0. The van der Waals surface area contributed by atoms with Crippen molar-refractivity contribution < 1.29 is 14.7 Å². The van der Waals surface area contributed by atoms with Crippen LogP contribution in [0.25, 0.3) is 0 Å². The molecule has 1 aromatic heterocycles. The number of aromatic carboxylic acids is 1. The number of rotatable bonds is 3. The van der Waals surface area contributed by atoms with E-state index in [1.54, 1.807) is 11.4 Å². The zero-order valence-corrected chi connectivity index (χ0v) is 11.6. The topological polar surface area (TPSA) is 66.4 Å². The van der Waals surface area contributed by atoms with Gasteiger partial charge in [0.25, 0.3) is 5.91 Å². The molecule has 0 aliphatic rings. The van der Waals surface area contributed by atoms with Crippen molar-refractivity contribution >= 4 is 52.1 Å². The summed E-state index contributed by atoms with van der Waals surface area (Å²) in [5.41, 5.74) is 0.305. The quantitative estimate of drug-likeness (QED) is 0.899. The largest absolute Gasteiger partial charge is 0.478 e. The third-order valence-corrected chi connectivity index (χ3v) is 3.78. The van der Waals surface area contributed by atoms with Gasteiger partial charge in [-0.2, -0.15) is 0 Å². The highest BCUT2D eigenvalue weighted by Gasteiger charge is 2.13. The Morgan fingerprint density at radius 3 is 2.53 bits per heavy atom. The summed E-state index contributed by atoms with van der Waals surface area (Å²) in [4.78, 5) is 23.2. The zero-order chi connectivity index (χ0) is 14.0. The molecule has 0 aliphatic carbocycles. The fourth-order valence-electron chi connectivity index (χ4n) is 1.43. The van der Waals surface area contributed by atoms with E-state index < -0.39 is 11.9 Å². The standard InChI is InChI=1S/C12H7Cl2NO3S/c13-7-3-6(12(17)18)4-8(5-7)15-11(16)10-9(14)1-2-19-10/h1-5H,(H,15,16)(H,17,18). The van der Waals surface area contributed by atoms with Crippen molar-refractivity contribution in [1.29, 1.82) is 0 Å². The van der Waals surface area contributed by atoms with E-state index >= 15 is 0 Å². The Bertz CT molecular complexity index is 654. The van der Waals surface area contributed by atoms with Crippen LogP contribution < -0.4 is 5.32 Å². The summed E-state index contributed by atoms with van der Waals surface area (Å²) in [5.74, 6) is -1.52.